The molecule has 1 aromatic carbocycles. The summed E-state index contributed by atoms with van der Waals surface area (Å²) in [6.07, 6.45) is 1.53. The Morgan fingerprint density at radius 2 is 1.90 bits per heavy atom. The number of benzene rings is 1. The highest BCUT2D eigenvalue weighted by atomic mass is 35.5. The molecule has 30 heavy (non-hydrogen) atoms. The van der Waals surface area contributed by atoms with Crippen LogP contribution < -0.4 is 26.0 Å². The zero-order valence-electron chi connectivity index (χ0n) is 16.9. The Morgan fingerprint density at radius 1 is 1.17 bits per heavy atom. The number of aromatic nitrogens is 2. The van der Waals surface area contributed by atoms with Crippen LogP contribution in [0.2, 0.25) is 5.02 Å². The number of fused-ring (bicyclic) bond motifs is 1. The molecule has 0 aliphatic heterocycles. The summed E-state index contributed by atoms with van der Waals surface area (Å²) in [5, 5.41) is 4.75. The molecule has 0 bridgehead atoms. The average molecular weight is 452 g/mol. The van der Waals surface area contributed by atoms with Crippen molar-refractivity contribution in [2.24, 2.45) is 0 Å². The molecule has 0 radical (unpaired) electrons. The number of carbonyl (C=O) groups is 1. The number of hydrogen-bond acceptors (Lipinski definition) is 6. The molecule has 0 aliphatic rings. The molecule has 2 aromatic heterocycles. The predicted molar refractivity (Wildman–Crippen MR) is 118 cm³/mol. The van der Waals surface area contributed by atoms with E-state index in [2.05, 4.69) is 5.32 Å². The minimum Gasteiger partial charge on any atom is -0.495 e. The van der Waals surface area contributed by atoms with E-state index in [0.717, 1.165) is 6.42 Å². The number of hydrogen-bond donors (Lipinski definition) is 1. The molecule has 1 amide bonds. The second-order valence-corrected chi connectivity index (χ2v) is 7.87. The SMILES string of the molecule is CCCCn1c(=O)c2sccc2n(CC(=O)Nc2cc(Cl)c(OC)cc2OC)c1=O. The fourth-order valence-electron chi connectivity index (χ4n) is 3.09. The van der Waals surface area contributed by atoms with Gasteiger partial charge in [0, 0.05) is 12.6 Å². The lowest BCUT2D eigenvalue weighted by Gasteiger charge is -2.15. The first-order chi connectivity index (χ1) is 14.4. The van der Waals surface area contributed by atoms with Crippen molar-refractivity contribution in [1.82, 2.24) is 9.13 Å². The first-order valence-corrected chi connectivity index (χ1v) is 10.6. The number of ether oxygens (including phenoxy) is 2. The Labute approximate surface area is 181 Å². The largest absolute Gasteiger partial charge is 0.495 e. The van der Waals surface area contributed by atoms with E-state index in [1.165, 1.54) is 40.8 Å². The van der Waals surface area contributed by atoms with Gasteiger partial charge in [0.1, 0.15) is 22.7 Å². The molecule has 0 unspecified atom stereocenters. The molecule has 3 aromatic rings. The third kappa shape index (κ3) is 4.22. The number of thiophene rings is 1. The van der Waals surface area contributed by atoms with Gasteiger partial charge < -0.3 is 14.8 Å². The van der Waals surface area contributed by atoms with E-state index < -0.39 is 11.6 Å². The lowest BCUT2D eigenvalue weighted by atomic mass is 10.2. The van der Waals surface area contributed by atoms with Crippen LogP contribution in [0.25, 0.3) is 10.2 Å². The van der Waals surface area contributed by atoms with Crippen LogP contribution in [0, 0.1) is 0 Å². The Hall–Kier alpha value is -2.78. The molecule has 0 spiro atoms. The Kier molecular flexibility index (Phi) is 6.84. The summed E-state index contributed by atoms with van der Waals surface area (Å²) >= 11 is 7.41. The molecule has 0 saturated carbocycles. The molecule has 2 heterocycles. The number of halogens is 1. The summed E-state index contributed by atoms with van der Waals surface area (Å²) in [5.41, 5.74) is -0.0345. The van der Waals surface area contributed by atoms with Crippen LogP contribution in [0.5, 0.6) is 11.5 Å². The molecular weight excluding hydrogens is 430 g/mol. The quantitative estimate of drug-likeness (QED) is 0.567. The van der Waals surface area contributed by atoms with E-state index >= 15 is 0 Å². The normalized spacial score (nSPS) is 10.9. The Balaban J connectivity index is 1.96. The predicted octanol–water partition coefficient (Wildman–Crippen LogP) is 3.33. The van der Waals surface area contributed by atoms with Crippen molar-refractivity contribution in [2.75, 3.05) is 19.5 Å². The minimum absolute atomic E-state index is 0.259. The van der Waals surface area contributed by atoms with Gasteiger partial charge >= 0.3 is 5.69 Å². The van der Waals surface area contributed by atoms with Gasteiger partial charge in [-0.2, -0.15) is 0 Å². The van der Waals surface area contributed by atoms with Crippen molar-refractivity contribution < 1.29 is 14.3 Å². The van der Waals surface area contributed by atoms with Crippen LogP contribution in [0.1, 0.15) is 19.8 Å². The summed E-state index contributed by atoms with van der Waals surface area (Å²) < 4.78 is 13.4. The van der Waals surface area contributed by atoms with Crippen molar-refractivity contribution >= 4 is 44.7 Å². The van der Waals surface area contributed by atoms with Gasteiger partial charge in [0.15, 0.2) is 0 Å². The third-order valence-electron chi connectivity index (χ3n) is 4.62. The molecule has 0 aliphatic carbocycles. The van der Waals surface area contributed by atoms with Crippen molar-refractivity contribution in [1.29, 1.82) is 0 Å². The summed E-state index contributed by atoms with van der Waals surface area (Å²) in [7, 11) is 2.94. The van der Waals surface area contributed by atoms with Gasteiger partial charge in [-0.15, -0.1) is 11.3 Å². The lowest BCUT2D eigenvalue weighted by molar-refractivity contribution is -0.116. The van der Waals surface area contributed by atoms with Gasteiger partial charge in [0.2, 0.25) is 5.91 Å². The zero-order valence-corrected chi connectivity index (χ0v) is 18.4. The van der Waals surface area contributed by atoms with Gasteiger partial charge in [-0.3, -0.25) is 18.7 Å². The first-order valence-electron chi connectivity index (χ1n) is 9.33. The van der Waals surface area contributed by atoms with E-state index in [1.807, 2.05) is 6.92 Å². The van der Waals surface area contributed by atoms with E-state index in [4.69, 9.17) is 21.1 Å². The highest BCUT2D eigenvalue weighted by molar-refractivity contribution is 7.17. The third-order valence-corrected chi connectivity index (χ3v) is 5.81. The fraction of sp³-hybridized carbons (Fsp3) is 0.350. The number of anilines is 1. The number of amides is 1. The second kappa shape index (κ2) is 9.36. The summed E-state index contributed by atoms with van der Waals surface area (Å²) in [5.74, 6) is 0.320. The highest BCUT2D eigenvalue weighted by Gasteiger charge is 2.18. The number of rotatable bonds is 8. The molecule has 0 saturated heterocycles. The highest BCUT2D eigenvalue weighted by Crippen LogP contribution is 2.35. The number of nitrogens with one attached hydrogen (secondary N) is 1. The van der Waals surface area contributed by atoms with Crippen LogP contribution >= 0.6 is 22.9 Å². The monoisotopic (exact) mass is 451 g/mol. The lowest BCUT2D eigenvalue weighted by Crippen LogP contribution is -2.41. The summed E-state index contributed by atoms with van der Waals surface area (Å²) in [4.78, 5) is 38.3. The molecule has 10 heteroatoms. The van der Waals surface area contributed by atoms with E-state index in [0.29, 0.717) is 45.4 Å². The number of nitrogens with zero attached hydrogens (tertiary/aromatic N) is 2. The molecule has 1 N–H and O–H groups in total. The Morgan fingerprint density at radius 3 is 2.57 bits per heavy atom. The van der Waals surface area contributed by atoms with Gasteiger partial charge in [0.25, 0.3) is 5.56 Å². The maximum atomic E-state index is 12.9. The summed E-state index contributed by atoms with van der Waals surface area (Å²) in [6.45, 7) is 2.03. The van der Waals surface area contributed by atoms with Crippen molar-refractivity contribution in [3.05, 3.63) is 49.4 Å². The Bertz CT molecular complexity index is 1200. The van der Waals surface area contributed by atoms with Crippen LogP contribution in [0.4, 0.5) is 5.69 Å². The van der Waals surface area contributed by atoms with Crippen molar-refractivity contribution in [3.63, 3.8) is 0 Å². The van der Waals surface area contributed by atoms with E-state index in [9.17, 15) is 14.4 Å². The van der Waals surface area contributed by atoms with Gasteiger partial charge in [-0.05, 0) is 23.9 Å². The minimum atomic E-state index is -0.505. The molecule has 3 rings (SSSR count). The van der Waals surface area contributed by atoms with Gasteiger partial charge in [-0.25, -0.2) is 4.79 Å². The molecule has 0 atom stereocenters. The average Bonchev–Trinajstić information content (AvgIpc) is 3.21. The van der Waals surface area contributed by atoms with Gasteiger partial charge in [-0.1, -0.05) is 24.9 Å². The summed E-state index contributed by atoms with van der Waals surface area (Å²) in [6, 6.07) is 4.75. The number of carbonyl (C=O) groups excluding carboxylic acids is 1. The van der Waals surface area contributed by atoms with E-state index in [-0.39, 0.29) is 12.1 Å². The molecule has 8 nitrogen and oxygen atoms in total. The fourth-order valence-corrected chi connectivity index (χ4v) is 4.17. The number of unbranched alkanes of at least 4 members (excludes halogenated alkanes) is 1. The van der Waals surface area contributed by atoms with Gasteiger partial charge in [0.05, 0.1) is 30.4 Å². The zero-order chi connectivity index (χ0) is 21.8. The molecule has 160 valence electrons. The maximum absolute atomic E-state index is 12.9. The van der Waals surface area contributed by atoms with Crippen LogP contribution in [-0.2, 0) is 17.9 Å². The van der Waals surface area contributed by atoms with Crippen LogP contribution in [0.15, 0.2) is 33.2 Å². The standard InChI is InChI=1S/C20H22ClN3O5S/c1-4-5-7-23-19(26)18-14(6-8-30-18)24(20(23)27)11-17(25)22-13-9-12(21)15(28-2)10-16(13)29-3/h6,8-10H,4-5,7,11H2,1-3H3,(H,22,25). The smallest absolute Gasteiger partial charge is 0.332 e. The molecular formula is C20H22ClN3O5S. The van der Waals surface area contributed by atoms with E-state index in [1.54, 1.807) is 17.5 Å². The van der Waals surface area contributed by atoms with Crippen molar-refractivity contribution in [2.45, 2.75) is 32.9 Å². The van der Waals surface area contributed by atoms with Crippen LogP contribution in [0.3, 0.4) is 0 Å². The van der Waals surface area contributed by atoms with Crippen LogP contribution in [-0.4, -0.2) is 29.3 Å². The first kappa shape index (κ1) is 21.9. The van der Waals surface area contributed by atoms with Crippen molar-refractivity contribution in [3.8, 4) is 11.5 Å². The second-order valence-electron chi connectivity index (χ2n) is 6.55. The maximum Gasteiger partial charge on any atom is 0.332 e. The topological polar surface area (TPSA) is 91.6 Å². The number of methoxy groups -OCH3 is 2. The molecule has 0 fully saturated rings.